The lowest BCUT2D eigenvalue weighted by atomic mass is 9.61. The van der Waals surface area contributed by atoms with Crippen LogP contribution >= 0.6 is 0 Å². The van der Waals surface area contributed by atoms with Crippen LogP contribution < -0.4 is 0 Å². The number of aromatic nitrogens is 2. The van der Waals surface area contributed by atoms with E-state index in [9.17, 15) is 27.9 Å². The van der Waals surface area contributed by atoms with Crippen LogP contribution in [0.4, 0.5) is 18.0 Å². The summed E-state index contributed by atoms with van der Waals surface area (Å²) in [6.45, 7) is 0.557. The van der Waals surface area contributed by atoms with E-state index < -0.39 is 30.0 Å². The molecule has 2 aromatic carbocycles. The fraction of sp³-hybridized carbons (Fsp3) is 0.483. The molecule has 0 saturated carbocycles. The third kappa shape index (κ3) is 4.35. The minimum Gasteiger partial charge on any atom is -0.465 e. The third-order valence-corrected chi connectivity index (χ3v) is 8.55. The number of rotatable bonds is 5. The average Bonchev–Trinajstić information content (AvgIpc) is 3.19. The van der Waals surface area contributed by atoms with E-state index in [2.05, 4.69) is 12.1 Å². The van der Waals surface area contributed by atoms with Crippen LogP contribution in [0.5, 0.6) is 0 Å². The average molecular weight is 526 g/mol. The third-order valence-electron chi connectivity index (χ3n) is 8.55. The van der Waals surface area contributed by atoms with Crippen LogP contribution in [0.25, 0.3) is 10.8 Å². The number of hydrogen-bond acceptors (Lipinski definition) is 3. The van der Waals surface area contributed by atoms with Crippen molar-refractivity contribution in [1.29, 1.82) is 0 Å². The lowest BCUT2D eigenvalue weighted by molar-refractivity contribution is -0.140. The highest BCUT2D eigenvalue weighted by molar-refractivity contribution is 5.97. The maximum Gasteiger partial charge on any atom is 0.407 e. The van der Waals surface area contributed by atoms with E-state index >= 15 is 0 Å². The highest BCUT2D eigenvalue weighted by atomic mass is 19.4. The summed E-state index contributed by atoms with van der Waals surface area (Å²) in [5.74, 6) is 0.160. The van der Waals surface area contributed by atoms with Crippen molar-refractivity contribution in [2.75, 3.05) is 13.1 Å². The van der Waals surface area contributed by atoms with E-state index in [0.29, 0.717) is 18.7 Å². The highest BCUT2D eigenvalue weighted by Gasteiger charge is 2.55. The summed E-state index contributed by atoms with van der Waals surface area (Å²) in [6.07, 6.45) is -1.79. The lowest BCUT2D eigenvalue weighted by Gasteiger charge is -2.51. The Labute approximate surface area is 218 Å². The molecule has 2 heterocycles. The zero-order valence-corrected chi connectivity index (χ0v) is 21.1. The first kappa shape index (κ1) is 24.9. The number of aryl methyl sites for hydroxylation is 1. The molecule has 9 heteroatoms. The SMILES string of the molecule is O=C(O)N1CC2(Cc3cc4ccccc4cc3C(Cc3nc4c(n3CCCC(F)(F)F)CCCC4)C2=O)C1. The zero-order chi connectivity index (χ0) is 26.7. The monoisotopic (exact) mass is 525 g/mol. The molecule has 6 rings (SSSR count). The molecule has 1 aliphatic heterocycles. The van der Waals surface area contributed by atoms with Gasteiger partial charge in [0.05, 0.1) is 17.0 Å². The number of amides is 1. The largest absolute Gasteiger partial charge is 0.465 e. The van der Waals surface area contributed by atoms with Gasteiger partial charge in [-0.05, 0) is 60.4 Å². The second kappa shape index (κ2) is 9.13. The molecule has 1 amide bonds. The van der Waals surface area contributed by atoms with Crippen LogP contribution in [-0.2, 0) is 37.0 Å². The molecule has 38 heavy (non-hydrogen) atoms. The Balaban J connectivity index is 1.39. The molecule has 0 radical (unpaired) electrons. The molecule has 2 aliphatic carbocycles. The number of ketones is 1. The predicted octanol–water partition coefficient (Wildman–Crippen LogP) is 5.69. The summed E-state index contributed by atoms with van der Waals surface area (Å²) < 4.78 is 40.8. The van der Waals surface area contributed by atoms with Crippen LogP contribution in [0.2, 0.25) is 0 Å². The summed E-state index contributed by atoms with van der Waals surface area (Å²) in [5.41, 5.74) is 3.14. The summed E-state index contributed by atoms with van der Waals surface area (Å²) in [7, 11) is 0. The smallest absolute Gasteiger partial charge is 0.407 e. The van der Waals surface area contributed by atoms with Crippen molar-refractivity contribution in [2.45, 2.75) is 70.0 Å². The normalized spacial score (nSPS) is 20.3. The van der Waals surface area contributed by atoms with Crippen molar-refractivity contribution in [3.05, 3.63) is 64.7 Å². The molecule has 200 valence electrons. The van der Waals surface area contributed by atoms with Gasteiger partial charge in [-0.1, -0.05) is 36.4 Å². The summed E-state index contributed by atoms with van der Waals surface area (Å²) >= 11 is 0. The molecule has 1 fully saturated rings. The van der Waals surface area contributed by atoms with Gasteiger partial charge in [-0.15, -0.1) is 0 Å². The van der Waals surface area contributed by atoms with Crippen molar-refractivity contribution < 1.29 is 27.9 Å². The second-order valence-corrected chi connectivity index (χ2v) is 11.1. The van der Waals surface area contributed by atoms with Gasteiger partial charge >= 0.3 is 12.3 Å². The first-order valence-electron chi connectivity index (χ1n) is 13.3. The predicted molar refractivity (Wildman–Crippen MR) is 135 cm³/mol. The maximum atomic E-state index is 14.1. The molecule has 1 aromatic heterocycles. The Morgan fingerprint density at radius 1 is 1.11 bits per heavy atom. The number of hydrogen-bond donors (Lipinski definition) is 1. The van der Waals surface area contributed by atoms with E-state index in [1.807, 2.05) is 28.8 Å². The number of Topliss-reactive ketones (excluding diaryl/α,β-unsaturated/α-hetero) is 1. The van der Waals surface area contributed by atoms with Gasteiger partial charge < -0.3 is 14.6 Å². The quantitative estimate of drug-likeness (QED) is 0.465. The Morgan fingerprint density at radius 2 is 1.82 bits per heavy atom. The number of likely N-dealkylation sites (tertiary alicyclic amines) is 1. The molecular formula is C29H30F3N3O3. The molecule has 3 aromatic rings. The number of benzene rings is 2. The van der Waals surface area contributed by atoms with Crippen LogP contribution in [0, 0.1) is 5.41 Å². The van der Waals surface area contributed by atoms with Crippen molar-refractivity contribution >= 4 is 22.6 Å². The molecule has 1 unspecified atom stereocenters. The van der Waals surface area contributed by atoms with Crippen molar-refractivity contribution in [1.82, 2.24) is 14.5 Å². The molecule has 1 N–H and O–H groups in total. The topological polar surface area (TPSA) is 75.4 Å². The van der Waals surface area contributed by atoms with Crippen molar-refractivity contribution in [3.63, 3.8) is 0 Å². The molecule has 6 nitrogen and oxygen atoms in total. The fourth-order valence-electron chi connectivity index (χ4n) is 6.73. The summed E-state index contributed by atoms with van der Waals surface area (Å²) in [5, 5.41) is 11.5. The fourth-order valence-corrected chi connectivity index (χ4v) is 6.73. The summed E-state index contributed by atoms with van der Waals surface area (Å²) in [6, 6.07) is 12.1. The number of fused-ring (bicyclic) bond motifs is 3. The molecule has 3 aliphatic rings. The number of nitrogens with zero attached hydrogens (tertiary/aromatic N) is 3. The number of carboxylic acid groups (broad SMARTS) is 1. The first-order chi connectivity index (χ1) is 18.1. The molecular weight excluding hydrogens is 495 g/mol. The van der Waals surface area contributed by atoms with Gasteiger partial charge in [-0.2, -0.15) is 13.2 Å². The van der Waals surface area contributed by atoms with E-state index in [0.717, 1.165) is 59.0 Å². The Bertz CT molecular complexity index is 1420. The van der Waals surface area contributed by atoms with Crippen molar-refractivity contribution in [3.8, 4) is 0 Å². The number of imidazole rings is 1. The van der Waals surface area contributed by atoms with Gasteiger partial charge in [0.2, 0.25) is 0 Å². The van der Waals surface area contributed by atoms with E-state index in [4.69, 9.17) is 4.98 Å². The number of alkyl halides is 3. The second-order valence-electron chi connectivity index (χ2n) is 11.1. The number of carbonyl (C=O) groups excluding carboxylic acids is 1. The van der Waals surface area contributed by atoms with Crippen molar-refractivity contribution in [2.24, 2.45) is 5.41 Å². The van der Waals surface area contributed by atoms with Crippen LogP contribution in [-0.4, -0.2) is 50.7 Å². The molecule has 1 atom stereocenters. The standard InChI is InChI=1S/C29H30F3N3O3/c30-29(31,32)10-5-11-35-24-9-4-3-8-23(24)33-25(35)14-22-21-13-19-7-2-1-6-18(19)12-20(21)15-28(26(22)36)16-34(17-28)27(37)38/h1-2,6-7,12-13,22H,3-5,8-11,14-17H2,(H,37,38). The van der Waals surface area contributed by atoms with E-state index in [-0.39, 0.29) is 31.8 Å². The highest BCUT2D eigenvalue weighted by Crippen LogP contribution is 2.47. The number of carbonyl (C=O) groups is 2. The minimum absolute atomic E-state index is 0.0144. The van der Waals surface area contributed by atoms with Gasteiger partial charge in [0.1, 0.15) is 5.82 Å². The van der Waals surface area contributed by atoms with Gasteiger partial charge in [0.15, 0.2) is 5.78 Å². The van der Waals surface area contributed by atoms with Crippen LogP contribution in [0.15, 0.2) is 36.4 Å². The molecule has 0 bridgehead atoms. The molecule has 1 spiro atoms. The summed E-state index contributed by atoms with van der Waals surface area (Å²) in [4.78, 5) is 31.8. The number of halogens is 3. The van der Waals surface area contributed by atoms with Gasteiger partial charge in [-0.3, -0.25) is 4.79 Å². The first-order valence-corrected chi connectivity index (χ1v) is 13.3. The zero-order valence-electron chi connectivity index (χ0n) is 21.1. The van der Waals surface area contributed by atoms with Gasteiger partial charge in [-0.25, -0.2) is 9.78 Å². The Hall–Kier alpha value is -3.36. The molecule has 1 saturated heterocycles. The maximum absolute atomic E-state index is 14.1. The van der Waals surface area contributed by atoms with E-state index in [1.54, 1.807) is 0 Å². The van der Waals surface area contributed by atoms with Crippen LogP contribution in [0.3, 0.4) is 0 Å². The lowest BCUT2D eigenvalue weighted by Crippen LogP contribution is -2.65. The Morgan fingerprint density at radius 3 is 2.53 bits per heavy atom. The Kier molecular flexibility index (Phi) is 6.00. The van der Waals surface area contributed by atoms with Gasteiger partial charge in [0.25, 0.3) is 0 Å². The van der Waals surface area contributed by atoms with E-state index in [1.165, 1.54) is 4.90 Å². The van der Waals surface area contributed by atoms with Crippen LogP contribution in [0.1, 0.15) is 59.9 Å². The van der Waals surface area contributed by atoms with Gasteiger partial charge in [0, 0.05) is 38.2 Å². The minimum atomic E-state index is -4.22.